The minimum Gasteiger partial charge on any atom is -0.508 e. The Kier molecular flexibility index (Phi) is 10.8. The van der Waals surface area contributed by atoms with E-state index in [0.29, 0.717) is 24.9 Å². The van der Waals surface area contributed by atoms with Crippen LogP contribution in [0.3, 0.4) is 0 Å². The Labute approximate surface area is 204 Å². The number of hydrogen-bond donors (Lipinski definition) is 7. The number of aliphatic hydroxyl groups excluding tert-OH is 1. The lowest BCUT2D eigenvalue weighted by atomic mass is 9.91. The normalized spacial score (nSPS) is 18.2. The highest BCUT2D eigenvalue weighted by molar-refractivity contribution is 5.91. The summed E-state index contributed by atoms with van der Waals surface area (Å²) >= 11 is 0. The zero-order chi connectivity index (χ0) is 26.0. The van der Waals surface area contributed by atoms with Crippen molar-refractivity contribution in [3.8, 4) is 5.75 Å². The zero-order valence-corrected chi connectivity index (χ0v) is 20.1. The summed E-state index contributed by atoms with van der Waals surface area (Å²) in [4.78, 5) is 49.4. The van der Waals surface area contributed by atoms with Crippen LogP contribution in [0.4, 0.5) is 4.79 Å². The molecule has 11 heteroatoms. The molecule has 194 valence electrons. The highest BCUT2D eigenvalue weighted by Crippen LogP contribution is 2.18. The number of carbonyl (C=O) groups is 4. The number of phenols is 1. The molecular formula is C24H36N4O7. The zero-order valence-electron chi connectivity index (χ0n) is 20.1. The van der Waals surface area contributed by atoms with Crippen molar-refractivity contribution in [3.05, 3.63) is 29.8 Å². The Morgan fingerprint density at radius 2 is 1.71 bits per heavy atom. The second-order valence-corrected chi connectivity index (χ2v) is 9.32. The summed E-state index contributed by atoms with van der Waals surface area (Å²) in [7, 11) is 0. The van der Waals surface area contributed by atoms with Gasteiger partial charge >= 0.3 is 6.09 Å². The lowest BCUT2D eigenvalue weighted by Crippen LogP contribution is -2.56. The standard InChI is InChI=1S/C24H36N4O7/c1-14(2)10-19(22(32)26-17(13-29)12-16-4-3-9-25-21(16)31)27-23(33)20(28-24(34)35)11-15-5-7-18(30)8-6-15/h5-8,14,16-17,19-20,28-30H,3-4,9-13H2,1-2H3,(H,25,31)(H,26,32)(H,27,33)(H,34,35). The second-order valence-electron chi connectivity index (χ2n) is 9.32. The van der Waals surface area contributed by atoms with Crippen LogP contribution in [0.5, 0.6) is 5.75 Å². The van der Waals surface area contributed by atoms with Crippen LogP contribution in [0.15, 0.2) is 24.3 Å². The Morgan fingerprint density at radius 1 is 1.06 bits per heavy atom. The van der Waals surface area contributed by atoms with Crippen LogP contribution < -0.4 is 21.3 Å². The maximum Gasteiger partial charge on any atom is 0.405 e. The van der Waals surface area contributed by atoms with Gasteiger partial charge in [0, 0.05) is 18.9 Å². The first-order chi connectivity index (χ1) is 16.6. The second kappa shape index (κ2) is 13.5. The van der Waals surface area contributed by atoms with Gasteiger partial charge in [0.1, 0.15) is 17.8 Å². The van der Waals surface area contributed by atoms with Gasteiger partial charge in [-0.1, -0.05) is 26.0 Å². The van der Waals surface area contributed by atoms with Gasteiger partial charge in [-0.05, 0) is 49.3 Å². The van der Waals surface area contributed by atoms with E-state index in [1.54, 1.807) is 12.1 Å². The number of benzene rings is 1. The molecule has 1 saturated heterocycles. The molecule has 35 heavy (non-hydrogen) atoms. The topological polar surface area (TPSA) is 177 Å². The highest BCUT2D eigenvalue weighted by Gasteiger charge is 2.30. The number of hydrogen-bond acceptors (Lipinski definition) is 6. The molecule has 1 heterocycles. The van der Waals surface area contributed by atoms with Gasteiger partial charge in [-0.15, -0.1) is 0 Å². The summed E-state index contributed by atoms with van der Waals surface area (Å²) in [5.74, 6) is -1.53. The summed E-state index contributed by atoms with van der Waals surface area (Å²) < 4.78 is 0. The Morgan fingerprint density at radius 3 is 2.29 bits per heavy atom. The van der Waals surface area contributed by atoms with Crippen molar-refractivity contribution in [1.29, 1.82) is 0 Å². The predicted octanol–water partition coefficient (Wildman–Crippen LogP) is 0.495. The number of aliphatic hydroxyl groups is 1. The molecule has 4 atom stereocenters. The van der Waals surface area contributed by atoms with E-state index in [1.165, 1.54) is 12.1 Å². The number of rotatable bonds is 12. The fourth-order valence-electron chi connectivity index (χ4n) is 4.09. The van der Waals surface area contributed by atoms with Crippen LogP contribution in [0, 0.1) is 11.8 Å². The van der Waals surface area contributed by atoms with Gasteiger partial charge < -0.3 is 36.6 Å². The fraction of sp³-hybridized carbons (Fsp3) is 0.583. The summed E-state index contributed by atoms with van der Waals surface area (Å²) in [5, 5.41) is 38.8. The first kappa shape index (κ1) is 27.9. The Balaban J connectivity index is 2.08. The average Bonchev–Trinajstić information content (AvgIpc) is 2.79. The van der Waals surface area contributed by atoms with Crippen LogP contribution in [-0.2, 0) is 20.8 Å². The van der Waals surface area contributed by atoms with Crippen molar-refractivity contribution < 1.29 is 34.5 Å². The third-order valence-electron chi connectivity index (χ3n) is 5.87. The monoisotopic (exact) mass is 492 g/mol. The van der Waals surface area contributed by atoms with Crippen molar-refractivity contribution in [2.45, 2.75) is 64.1 Å². The van der Waals surface area contributed by atoms with Crippen molar-refractivity contribution in [2.24, 2.45) is 11.8 Å². The molecule has 7 N–H and O–H groups in total. The minimum atomic E-state index is -1.39. The summed E-state index contributed by atoms with van der Waals surface area (Å²) in [5.41, 5.74) is 0.618. The van der Waals surface area contributed by atoms with Crippen LogP contribution in [0.2, 0.25) is 0 Å². The van der Waals surface area contributed by atoms with Crippen molar-refractivity contribution in [3.63, 3.8) is 0 Å². The SMILES string of the molecule is CC(C)CC(NC(=O)C(Cc1ccc(O)cc1)NC(=O)O)C(=O)NC(CO)CC1CCCNC1=O. The van der Waals surface area contributed by atoms with E-state index in [9.17, 15) is 34.5 Å². The van der Waals surface area contributed by atoms with E-state index in [0.717, 1.165) is 6.42 Å². The molecule has 0 spiro atoms. The molecule has 1 aliphatic heterocycles. The predicted molar refractivity (Wildman–Crippen MR) is 128 cm³/mol. The lowest BCUT2D eigenvalue weighted by molar-refractivity contribution is -0.131. The number of carboxylic acid groups (broad SMARTS) is 1. The molecule has 0 saturated carbocycles. The number of aromatic hydroxyl groups is 1. The Bertz CT molecular complexity index is 875. The summed E-state index contributed by atoms with van der Waals surface area (Å²) in [6, 6.07) is 3.22. The van der Waals surface area contributed by atoms with Crippen LogP contribution in [-0.4, -0.2) is 70.4 Å². The molecule has 4 amide bonds. The molecule has 0 aliphatic carbocycles. The molecule has 1 aliphatic rings. The van der Waals surface area contributed by atoms with Crippen LogP contribution >= 0.6 is 0 Å². The highest BCUT2D eigenvalue weighted by atomic mass is 16.4. The summed E-state index contributed by atoms with van der Waals surface area (Å²) in [6.07, 6.45) is 0.696. The van der Waals surface area contributed by atoms with Gasteiger partial charge in [0.15, 0.2) is 0 Å². The first-order valence-corrected chi connectivity index (χ1v) is 11.9. The van der Waals surface area contributed by atoms with Crippen molar-refractivity contribution in [2.75, 3.05) is 13.2 Å². The first-order valence-electron chi connectivity index (χ1n) is 11.9. The van der Waals surface area contributed by atoms with Crippen LogP contribution in [0.1, 0.15) is 45.1 Å². The number of phenolic OH excluding ortho intramolecular Hbond substituents is 1. The van der Waals surface area contributed by atoms with Gasteiger partial charge in [0.25, 0.3) is 0 Å². The molecule has 0 radical (unpaired) electrons. The van der Waals surface area contributed by atoms with Gasteiger partial charge in [0.2, 0.25) is 17.7 Å². The minimum absolute atomic E-state index is 0.0183. The third kappa shape index (κ3) is 9.44. The number of amides is 4. The maximum atomic E-state index is 13.0. The molecular weight excluding hydrogens is 456 g/mol. The van der Waals surface area contributed by atoms with E-state index in [-0.39, 0.29) is 42.9 Å². The lowest BCUT2D eigenvalue weighted by Gasteiger charge is -2.28. The van der Waals surface area contributed by atoms with E-state index in [4.69, 9.17) is 0 Å². The van der Waals surface area contributed by atoms with Gasteiger partial charge in [-0.2, -0.15) is 0 Å². The van der Waals surface area contributed by atoms with Crippen molar-refractivity contribution in [1.82, 2.24) is 21.3 Å². The fourth-order valence-corrected chi connectivity index (χ4v) is 4.09. The van der Waals surface area contributed by atoms with E-state index < -0.39 is 36.0 Å². The average molecular weight is 493 g/mol. The molecule has 0 aromatic heterocycles. The third-order valence-corrected chi connectivity index (χ3v) is 5.87. The van der Waals surface area contributed by atoms with Gasteiger partial charge in [0.05, 0.1) is 12.6 Å². The number of carbonyl (C=O) groups excluding carboxylic acids is 3. The van der Waals surface area contributed by atoms with Gasteiger partial charge in [-0.25, -0.2) is 4.79 Å². The summed E-state index contributed by atoms with van der Waals surface area (Å²) in [6.45, 7) is 4.02. The van der Waals surface area contributed by atoms with E-state index in [1.807, 2.05) is 13.8 Å². The maximum absolute atomic E-state index is 13.0. The molecule has 1 fully saturated rings. The molecule has 0 bridgehead atoms. The quantitative estimate of drug-likeness (QED) is 0.222. The molecule has 4 unspecified atom stereocenters. The smallest absolute Gasteiger partial charge is 0.405 e. The van der Waals surface area contributed by atoms with Gasteiger partial charge in [-0.3, -0.25) is 14.4 Å². The molecule has 1 aromatic rings. The molecule has 2 rings (SSSR count). The van der Waals surface area contributed by atoms with E-state index in [2.05, 4.69) is 21.3 Å². The number of nitrogens with one attached hydrogen (secondary N) is 4. The molecule has 11 nitrogen and oxygen atoms in total. The number of piperidine rings is 1. The largest absolute Gasteiger partial charge is 0.508 e. The van der Waals surface area contributed by atoms with Crippen LogP contribution in [0.25, 0.3) is 0 Å². The molecule has 1 aromatic carbocycles. The van der Waals surface area contributed by atoms with Crippen molar-refractivity contribution >= 4 is 23.8 Å². The van der Waals surface area contributed by atoms with E-state index >= 15 is 0 Å². The Hall–Kier alpha value is -3.34.